The van der Waals surface area contributed by atoms with Crippen molar-refractivity contribution in [1.82, 2.24) is 4.57 Å². The maximum atomic E-state index is 7.41. The van der Waals surface area contributed by atoms with Crippen LogP contribution in [0.4, 0.5) is 34.1 Å². The molecule has 3 aromatic heterocycles. The molecule has 0 N–H and O–H groups in total. The summed E-state index contributed by atoms with van der Waals surface area (Å²) in [5, 5.41) is 6.58. The van der Waals surface area contributed by atoms with E-state index < -0.39 is 5.41 Å². The Labute approximate surface area is 469 Å². The van der Waals surface area contributed by atoms with Crippen molar-refractivity contribution in [1.29, 1.82) is 0 Å². The minimum Gasteiger partial charge on any atom is -0.454 e. The molecule has 1 aliphatic rings. The van der Waals surface area contributed by atoms with Crippen LogP contribution in [0.3, 0.4) is 0 Å². The Morgan fingerprint density at radius 1 is 0.346 bits per heavy atom. The zero-order valence-electron chi connectivity index (χ0n) is 45.1. The van der Waals surface area contributed by atoms with Crippen LogP contribution >= 0.6 is 0 Å². The van der Waals surface area contributed by atoms with Crippen LogP contribution in [-0.4, -0.2) is 4.57 Å². The molecule has 0 saturated heterocycles. The fourth-order valence-electron chi connectivity index (χ4n) is 13.7. The minimum absolute atomic E-state index is 0.808. The topological polar surface area (TPSA) is 37.7 Å². The van der Waals surface area contributed by atoms with Gasteiger partial charge in [0.05, 0.1) is 27.8 Å². The van der Waals surface area contributed by atoms with Gasteiger partial charge in [-0.05, 0) is 168 Å². The van der Waals surface area contributed by atoms with Crippen LogP contribution in [-0.2, 0) is 5.41 Å². The molecule has 5 nitrogen and oxygen atoms in total. The minimum atomic E-state index is -0.970. The van der Waals surface area contributed by atoms with E-state index in [0.717, 1.165) is 123 Å². The van der Waals surface area contributed by atoms with Gasteiger partial charge in [0.2, 0.25) is 0 Å². The number of aromatic nitrogens is 1. The Morgan fingerprint density at radius 3 is 1.32 bits per heavy atom. The van der Waals surface area contributed by atoms with Gasteiger partial charge in [-0.15, -0.1) is 0 Å². The van der Waals surface area contributed by atoms with E-state index in [2.05, 4.69) is 302 Å². The Morgan fingerprint density at radius 2 is 0.802 bits per heavy atom. The molecule has 15 aromatic rings. The molecule has 5 heteroatoms. The van der Waals surface area contributed by atoms with E-state index in [4.69, 9.17) is 8.83 Å². The summed E-state index contributed by atoms with van der Waals surface area (Å²) in [6.45, 7) is 6.71. The first-order valence-electron chi connectivity index (χ1n) is 27.9. The van der Waals surface area contributed by atoms with E-state index in [1.54, 1.807) is 0 Å². The van der Waals surface area contributed by atoms with Crippen LogP contribution < -0.4 is 9.80 Å². The van der Waals surface area contributed by atoms with E-state index in [9.17, 15) is 0 Å². The van der Waals surface area contributed by atoms with Crippen LogP contribution in [0.5, 0.6) is 0 Å². The maximum absolute atomic E-state index is 7.41. The Bertz CT molecular complexity index is 4690. The quantitative estimate of drug-likeness (QED) is 0.144. The van der Waals surface area contributed by atoms with Gasteiger partial charge in [-0.25, -0.2) is 0 Å². The SMILES string of the molecule is Cc1cccc(-n2c3ccccc3c3cc(C4(c5cc(C)ccc5C)c5cc(N(c6ccccc6)c6ccccc6)c6oc7ccccc7c6c5-c5c4cc(N(c4ccccc4)c4ccccc4)c4oc6ccccc6c54)ccc32)c1. The number of nitrogens with zero attached hydrogens (tertiary/aromatic N) is 3. The molecule has 384 valence electrons. The highest BCUT2D eigenvalue weighted by Gasteiger charge is 2.51. The Kier molecular flexibility index (Phi) is 10.4. The van der Waals surface area contributed by atoms with Gasteiger partial charge in [0.1, 0.15) is 11.2 Å². The lowest BCUT2D eigenvalue weighted by Gasteiger charge is -2.37. The van der Waals surface area contributed by atoms with Crippen LogP contribution in [0.25, 0.3) is 82.5 Å². The van der Waals surface area contributed by atoms with E-state index >= 15 is 0 Å². The molecule has 0 aliphatic heterocycles. The average Bonchev–Trinajstić information content (AvgIpc) is 2.85. The number of aryl methyl sites for hydroxylation is 3. The lowest BCUT2D eigenvalue weighted by Crippen LogP contribution is -2.30. The predicted molar refractivity (Wildman–Crippen MR) is 336 cm³/mol. The molecule has 0 unspecified atom stereocenters. The summed E-state index contributed by atoms with van der Waals surface area (Å²) < 4.78 is 17.3. The van der Waals surface area contributed by atoms with E-state index in [0.29, 0.717) is 0 Å². The van der Waals surface area contributed by atoms with Gasteiger partial charge in [0.25, 0.3) is 0 Å². The fourth-order valence-corrected chi connectivity index (χ4v) is 13.7. The molecular formula is C76H53N3O2. The van der Waals surface area contributed by atoms with Gasteiger partial charge in [-0.1, -0.05) is 169 Å². The number of anilines is 6. The van der Waals surface area contributed by atoms with Gasteiger partial charge >= 0.3 is 0 Å². The number of fused-ring (bicyclic) bond motifs is 14. The second kappa shape index (κ2) is 18.1. The van der Waals surface area contributed by atoms with Crippen molar-refractivity contribution in [2.45, 2.75) is 26.2 Å². The largest absolute Gasteiger partial charge is 0.454 e. The second-order valence-electron chi connectivity index (χ2n) is 21.7. The van der Waals surface area contributed by atoms with Crippen molar-refractivity contribution in [3.8, 4) is 16.8 Å². The molecule has 12 aromatic carbocycles. The third-order valence-corrected chi connectivity index (χ3v) is 17.0. The third-order valence-electron chi connectivity index (χ3n) is 17.0. The average molecular weight is 1040 g/mol. The molecule has 16 rings (SSSR count). The summed E-state index contributed by atoms with van der Waals surface area (Å²) in [6, 6.07) is 97.3. The molecule has 3 heterocycles. The van der Waals surface area contributed by atoms with Gasteiger partial charge in [-0.2, -0.15) is 0 Å². The third kappa shape index (κ3) is 6.92. The zero-order chi connectivity index (χ0) is 53.9. The summed E-state index contributed by atoms with van der Waals surface area (Å²) in [5.74, 6) is 0. The number of rotatable bonds is 9. The summed E-state index contributed by atoms with van der Waals surface area (Å²) in [7, 11) is 0. The second-order valence-corrected chi connectivity index (χ2v) is 21.7. The van der Waals surface area contributed by atoms with Crippen molar-refractivity contribution in [3.05, 3.63) is 306 Å². The van der Waals surface area contributed by atoms with Crippen LogP contribution in [0.2, 0.25) is 0 Å². The van der Waals surface area contributed by atoms with Gasteiger partial charge < -0.3 is 23.2 Å². The highest BCUT2D eigenvalue weighted by atomic mass is 16.3. The van der Waals surface area contributed by atoms with Crippen molar-refractivity contribution in [2.75, 3.05) is 9.80 Å². The van der Waals surface area contributed by atoms with Crippen LogP contribution in [0, 0.1) is 20.8 Å². The maximum Gasteiger partial charge on any atom is 0.160 e. The molecule has 81 heavy (non-hydrogen) atoms. The van der Waals surface area contributed by atoms with Crippen LogP contribution in [0.15, 0.2) is 276 Å². The number of para-hydroxylation sites is 7. The Hall–Kier alpha value is -10.4. The molecule has 0 fully saturated rings. The molecule has 1 aliphatic carbocycles. The monoisotopic (exact) mass is 1040 g/mol. The number of benzene rings is 12. The van der Waals surface area contributed by atoms with Gasteiger partial charge in [0.15, 0.2) is 11.2 Å². The van der Waals surface area contributed by atoms with Gasteiger partial charge in [-0.3, -0.25) is 0 Å². The van der Waals surface area contributed by atoms with E-state index in [-0.39, 0.29) is 0 Å². The van der Waals surface area contributed by atoms with Crippen molar-refractivity contribution < 1.29 is 8.83 Å². The molecule has 0 spiro atoms. The Balaban J connectivity index is 1.16. The number of furan rings is 2. The first kappa shape index (κ1) is 46.7. The summed E-state index contributed by atoms with van der Waals surface area (Å²) in [4.78, 5) is 4.78. The predicted octanol–water partition coefficient (Wildman–Crippen LogP) is 20.8. The summed E-state index contributed by atoms with van der Waals surface area (Å²) >= 11 is 0. The molecule has 0 amide bonds. The lowest BCUT2D eigenvalue weighted by molar-refractivity contribution is 0.668. The molecule has 0 atom stereocenters. The summed E-state index contributed by atoms with van der Waals surface area (Å²) in [6.07, 6.45) is 0. The van der Waals surface area contributed by atoms with Crippen LogP contribution in [0.1, 0.15) is 38.9 Å². The van der Waals surface area contributed by atoms with Crippen molar-refractivity contribution >= 4 is 99.8 Å². The molecule has 0 saturated carbocycles. The smallest absolute Gasteiger partial charge is 0.160 e. The van der Waals surface area contributed by atoms with Crippen molar-refractivity contribution in [2.24, 2.45) is 0 Å². The molecule has 0 radical (unpaired) electrons. The first-order valence-corrected chi connectivity index (χ1v) is 27.9. The summed E-state index contributed by atoms with van der Waals surface area (Å²) in [5.41, 5.74) is 22.2. The first-order chi connectivity index (χ1) is 39.9. The van der Waals surface area contributed by atoms with Gasteiger partial charge in [0, 0.05) is 60.8 Å². The number of hydrogen-bond acceptors (Lipinski definition) is 4. The lowest BCUT2D eigenvalue weighted by atomic mass is 9.65. The highest BCUT2D eigenvalue weighted by Crippen LogP contribution is 2.65. The number of hydrogen-bond donors (Lipinski definition) is 0. The standard InChI is InChI=1S/C76H53N3O2/c1-48-23-22-32-56(43-48)79-64-36-19-16-33-57(64)60-45-51(41-42-65(60)79)76(61-44-49(2)39-40-50(61)3)62-46-66(77(52-24-8-4-9-25-52)53-26-10-5-11-27-53)74-70(58-34-17-20-37-68(58)80-74)72(62)73-63(76)47-67(75-71(73)59-35-18-21-38-69(59)81-75)78(54-28-12-6-13-29-54)55-30-14-7-15-31-55/h4-47H,1-3H3. The molecule has 0 bridgehead atoms. The van der Waals surface area contributed by atoms with Crippen molar-refractivity contribution in [3.63, 3.8) is 0 Å². The molecular weight excluding hydrogens is 987 g/mol. The zero-order valence-corrected chi connectivity index (χ0v) is 45.1. The normalized spacial score (nSPS) is 12.7. The van der Waals surface area contributed by atoms with E-state index in [1.165, 1.54) is 33.0 Å². The fraction of sp³-hybridized carbons (Fsp3) is 0.0526. The highest BCUT2D eigenvalue weighted by molar-refractivity contribution is 6.27. The van der Waals surface area contributed by atoms with E-state index in [1.807, 2.05) is 0 Å².